The van der Waals surface area contributed by atoms with Gasteiger partial charge in [-0.2, -0.15) is 0 Å². The summed E-state index contributed by atoms with van der Waals surface area (Å²) in [5.74, 6) is 1.70. The summed E-state index contributed by atoms with van der Waals surface area (Å²) in [5.41, 5.74) is 3.38. The number of aromatic amines is 1. The highest BCUT2D eigenvalue weighted by atomic mass is 16.5. The Labute approximate surface area is 226 Å². The van der Waals surface area contributed by atoms with Gasteiger partial charge in [0.1, 0.15) is 12.3 Å². The summed E-state index contributed by atoms with van der Waals surface area (Å²) in [6, 6.07) is 16.5. The van der Waals surface area contributed by atoms with Crippen LogP contribution in [0.2, 0.25) is 0 Å². The molecule has 2 saturated carbocycles. The van der Waals surface area contributed by atoms with Gasteiger partial charge in [0.15, 0.2) is 0 Å². The van der Waals surface area contributed by atoms with Crippen LogP contribution in [0.15, 0.2) is 54.7 Å². The van der Waals surface area contributed by atoms with Crippen LogP contribution in [0.5, 0.6) is 5.75 Å². The summed E-state index contributed by atoms with van der Waals surface area (Å²) in [6.45, 7) is 3.89. The van der Waals surface area contributed by atoms with Crippen LogP contribution < -0.4 is 4.74 Å². The Morgan fingerprint density at radius 2 is 1.74 bits per heavy atom. The Kier molecular flexibility index (Phi) is 8.67. The molecule has 0 bridgehead atoms. The predicted molar refractivity (Wildman–Crippen MR) is 151 cm³/mol. The molecule has 1 heterocycles. The van der Waals surface area contributed by atoms with E-state index >= 15 is 0 Å². The topological polar surface area (TPSA) is 65.6 Å². The van der Waals surface area contributed by atoms with Crippen molar-refractivity contribution >= 4 is 22.7 Å². The highest BCUT2D eigenvalue weighted by Gasteiger charge is 2.35. The average molecular weight is 516 g/mol. The first-order valence-electron chi connectivity index (χ1n) is 14.4. The van der Waals surface area contributed by atoms with Crippen LogP contribution in [-0.2, 0) is 22.6 Å². The van der Waals surface area contributed by atoms with Crippen LogP contribution in [0.25, 0.3) is 10.9 Å². The number of hydrogen-bond acceptors (Lipinski definition) is 3. The molecule has 6 nitrogen and oxygen atoms in total. The van der Waals surface area contributed by atoms with Crippen LogP contribution in [0.1, 0.15) is 69.4 Å². The van der Waals surface area contributed by atoms with Gasteiger partial charge in [0.25, 0.3) is 0 Å². The van der Waals surface area contributed by atoms with Crippen LogP contribution in [0.4, 0.5) is 0 Å². The number of H-pyrrole nitrogens is 1. The van der Waals surface area contributed by atoms with Crippen molar-refractivity contribution in [3.8, 4) is 5.75 Å². The van der Waals surface area contributed by atoms with E-state index in [1.807, 2.05) is 59.3 Å². The molecule has 202 valence electrons. The minimum absolute atomic E-state index is 0.0276. The standard InChI is InChI=1S/C32H41N3O3/c1-2-38-28-16-11-25(12-17-28)22-34(20-19-26-21-33-30-10-6-5-9-29(26)30)32(37)23-35(27-14-15-27)31(36)18-13-24-7-3-4-8-24/h5-6,9-12,16-17,21,24,27,33H,2-4,7-8,13-15,18-20,22-23H2,1H3. The fourth-order valence-corrected chi connectivity index (χ4v) is 5.79. The van der Waals surface area contributed by atoms with Crippen molar-refractivity contribution in [2.75, 3.05) is 19.7 Å². The fraction of sp³-hybridized carbons (Fsp3) is 0.500. The van der Waals surface area contributed by atoms with E-state index in [-0.39, 0.29) is 24.4 Å². The van der Waals surface area contributed by atoms with E-state index in [0.29, 0.717) is 32.0 Å². The lowest BCUT2D eigenvalue weighted by Crippen LogP contribution is -2.44. The first-order chi connectivity index (χ1) is 18.6. The van der Waals surface area contributed by atoms with Crippen molar-refractivity contribution in [2.24, 2.45) is 5.92 Å². The van der Waals surface area contributed by atoms with E-state index in [1.165, 1.54) is 36.6 Å². The molecule has 0 aliphatic heterocycles. The Hall–Kier alpha value is -3.28. The SMILES string of the molecule is CCOc1ccc(CN(CCc2c[nH]c3ccccc23)C(=O)CN(C(=O)CCC2CCCC2)C2CC2)cc1. The molecule has 0 saturated heterocycles. The van der Waals surface area contributed by atoms with Crippen LogP contribution in [0, 0.1) is 5.92 Å². The molecule has 0 radical (unpaired) electrons. The average Bonchev–Trinajstić information content (AvgIpc) is 3.47. The zero-order valence-electron chi connectivity index (χ0n) is 22.7. The Morgan fingerprint density at radius 3 is 2.47 bits per heavy atom. The van der Waals surface area contributed by atoms with Crippen molar-refractivity contribution < 1.29 is 14.3 Å². The molecule has 2 aliphatic rings. The minimum Gasteiger partial charge on any atom is -0.494 e. The fourth-order valence-electron chi connectivity index (χ4n) is 5.79. The largest absolute Gasteiger partial charge is 0.494 e. The van der Waals surface area contributed by atoms with Crippen LogP contribution >= 0.6 is 0 Å². The first-order valence-corrected chi connectivity index (χ1v) is 14.4. The molecule has 3 aromatic rings. The van der Waals surface area contributed by atoms with Crippen molar-refractivity contribution in [3.63, 3.8) is 0 Å². The van der Waals surface area contributed by atoms with Crippen LogP contribution in [0.3, 0.4) is 0 Å². The molecular weight excluding hydrogens is 474 g/mol. The third-order valence-electron chi connectivity index (χ3n) is 8.14. The molecular formula is C32H41N3O3. The van der Waals surface area contributed by atoms with Gasteiger partial charge in [0.2, 0.25) is 11.8 Å². The van der Waals surface area contributed by atoms with Gasteiger partial charge in [-0.05, 0) is 67.9 Å². The van der Waals surface area contributed by atoms with E-state index in [1.54, 1.807) is 0 Å². The van der Waals surface area contributed by atoms with Gasteiger partial charge in [-0.3, -0.25) is 9.59 Å². The highest BCUT2D eigenvalue weighted by molar-refractivity contribution is 5.86. The second-order valence-corrected chi connectivity index (χ2v) is 10.9. The number of fused-ring (bicyclic) bond motifs is 1. The van der Waals surface area contributed by atoms with Gasteiger partial charge >= 0.3 is 0 Å². The number of nitrogens with zero attached hydrogens (tertiary/aromatic N) is 2. The second kappa shape index (κ2) is 12.5. The van der Waals surface area contributed by atoms with Crippen LogP contribution in [-0.4, -0.2) is 52.3 Å². The molecule has 2 fully saturated rings. The molecule has 6 heteroatoms. The van der Waals surface area contributed by atoms with E-state index in [9.17, 15) is 9.59 Å². The summed E-state index contributed by atoms with van der Waals surface area (Å²) in [4.78, 5) is 34.1. The first kappa shape index (κ1) is 26.3. The number of rotatable bonds is 13. The van der Waals surface area contributed by atoms with Gasteiger partial charge in [-0.15, -0.1) is 0 Å². The lowest BCUT2D eigenvalue weighted by atomic mass is 10.0. The third-order valence-corrected chi connectivity index (χ3v) is 8.14. The van der Waals surface area contributed by atoms with E-state index in [4.69, 9.17) is 4.74 Å². The molecule has 2 aliphatic carbocycles. The number of carbonyl (C=O) groups is 2. The Bertz CT molecular complexity index is 1210. The molecule has 0 unspecified atom stereocenters. The van der Waals surface area contributed by atoms with Crippen molar-refractivity contribution in [1.29, 1.82) is 0 Å². The number of benzene rings is 2. The highest BCUT2D eigenvalue weighted by Crippen LogP contribution is 2.31. The van der Waals surface area contributed by atoms with Gasteiger partial charge in [0.05, 0.1) is 6.61 Å². The van der Waals surface area contributed by atoms with E-state index in [2.05, 4.69) is 17.1 Å². The van der Waals surface area contributed by atoms with Crippen molar-refractivity contribution in [2.45, 2.75) is 77.3 Å². The maximum atomic E-state index is 13.7. The van der Waals surface area contributed by atoms with E-state index < -0.39 is 0 Å². The maximum absolute atomic E-state index is 13.7. The molecule has 5 rings (SSSR count). The zero-order valence-corrected chi connectivity index (χ0v) is 22.7. The number of para-hydroxylation sites is 1. The second-order valence-electron chi connectivity index (χ2n) is 10.9. The molecule has 0 atom stereocenters. The number of hydrogen-bond donors (Lipinski definition) is 1. The summed E-state index contributed by atoms with van der Waals surface area (Å²) in [5, 5.41) is 1.20. The summed E-state index contributed by atoms with van der Waals surface area (Å²) in [6.07, 6.45) is 11.4. The molecule has 1 N–H and O–H groups in total. The minimum atomic E-state index is 0.0276. The molecule has 1 aromatic heterocycles. The summed E-state index contributed by atoms with van der Waals surface area (Å²) in [7, 11) is 0. The molecule has 2 amide bonds. The van der Waals surface area contributed by atoms with E-state index in [0.717, 1.165) is 42.5 Å². The molecule has 38 heavy (non-hydrogen) atoms. The third kappa shape index (κ3) is 6.77. The quantitative estimate of drug-likeness (QED) is 0.299. The Morgan fingerprint density at radius 1 is 0.974 bits per heavy atom. The summed E-state index contributed by atoms with van der Waals surface area (Å²) < 4.78 is 5.59. The Balaban J connectivity index is 1.27. The lowest BCUT2D eigenvalue weighted by molar-refractivity contribution is -0.141. The maximum Gasteiger partial charge on any atom is 0.242 e. The number of carbonyl (C=O) groups excluding carboxylic acids is 2. The predicted octanol–water partition coefficient (Wildman–Crippen LogP) is 6.10. The monoisotopic (exact) mass is 515 g/mol. The lowest BCUT2D eigenvalue weighted by Gasteiger charge is -2.28. The number of nitrogens with one attached hydrogen (secondary N) is 1. The number of amides is 2. The van der Waals surface area contributed by atoms with Crippen molar-refractivity contribution in [1.82, 2.24) is 14.8 Å². The number of ether oxygens (including phenoxy) is 1. The number of aromatic nitrogens is 1. The molecule has 0 spiro atoms. The molecule has 2 aromatic carbocycles. The zero-order chi connectivity index (χ0) is 26.3. The van der Waals surface area contributed by atoms with Gasteiger partial charge in [-0.25, -0.2) is 0 Å². The van der Waals surface area contributed by atoms with Gasteiger partial charge in [-0.1, -0.05) is 56.0 Å². The smallest absolute Gasteiger partial charge is 0.242 e. The normalized spacial score (nSPS) is 15.6. The van der Waals surface area contributed by atoms with Gasteiger partial charge < -0.3 is 19.5 Å². The van der Waals surface area contributed by atoms with Crippen molar-refractivity contribution in [3.05, 3.63) is 65.9 Å². The van der Waals surface area contributed by atoms with Gasteiger partial charge in [0, 0.05) is 42.7 Å². The summed E-state index contributed by atoms with van der Waals surface area (Å²) >= 11 is 0.